The van der Waals surface area contributed by atoms with Crippen molar-refractivity contribution in [2.45, 2.75) is 62.7 Å². The number of unbranched alkanes of at least 4 members (excludes halogenated alkanes) is 1. The smallest absolute Gasteiger partial charge is 0.328 e. The number of nitrogens with zero attached hydrogens (tertiary/aromatic N) is 1. The van der Waals surface area contributed by atoms with Crippen LogP contribution in [0.2, 0.25) is 0 Å². The second kappa shape index (κ2) is 12.8. The maximum atomic E-state index is 13.0. The van der Waals surface area contributed by atoms with E-state index in [0.29, 0.717) is 32.2 Å². The molecule has 176 valence electrons. The van der Waals surface area contributed by atoms with Crippen molar-refractivity contribution in [3.8, 4) is 0 Å². The second-order valence-electron chi connectivity index (χ2n) is 7.39. The minimum atomic E-state index is -1.52. The van der Waals surface area contributed by atoms with Gasteiger partial charge in [-0.25, -0.2) is 4.79 Å². The first-order valence-corrected chi connectivity index (χ1v) is 10.1. The Hall–Kier alpha value is -2.77. The predicted molar refractivity (Wildman–Crippen MR) is 108 cm³/mol. The number of carboxylic acid groups (broad SMARTS) is 1. The zero-order valence-corrected chi connectivity index (χ0v) is 17.3. The number of carbonyl (C=O) groups is 5. The summed E-state index contributed by atoms with van der Waals surface area (Å²) in [5.41, 5.74) is 16.4. The molecule has 10 N–H and O–H groups in total. The van der Waals surface area contributed by atoms with Gasteiger partial charge in [-0.05, 0) is 32.2 Å². The molecule has 1 heterocycles. The number of hydrogen-bond donors (Lipinski definition) is 7. The molecule has 4 unspecified atom stereocenters. The number of hydrogen-bond acceptors (Lipinski definition) is 8. The maximum absolute atomic E-state index is 13.0. The number of nitrogens with one attached hydrogen (secondary N) is 2. The lowest BCUT2D eigenvalue weighted by Crippen LogP contribution is -2.57. The zero-order chi connectivity index (χ0) is 23.6. The minimum Gasteiger partial charge on any atom is -0.480 e. The summed E-state index contributed by atoms with van der Waals surface area (Å²) in [5.74, 6) is -4.34. The fourth-order valence-corrected chi connectivity index (χ4v) is 3.28. The first kappa shape index (κ1) is 26.3. The molecule has 0 bridgehead atoms. The average molecular weight is 444 g/mol. The van der Waals surface area contributed by atoms with Crippen LogP contribution in [0.1, 0.15) is 38.5 Å². The summed E-state index contributed by atoms with van der Waals surface area (Å²) < 4.78 is 0. The number of carbonyl (C=O) groups excluding carboxylic acids is 4. The fraction of sp³-hybridized carbons (Fsp3) is 0.722. The van der Waals surface area contributed by atoms with E-state index in [-0.39, 0.29) is 13.0 Å². The van der Waals surface area contributed by atoms with Crippen LogP contribution in [0.25, 0.3) is 0 Å². The first-order valence-electron chi connectivity index (χ1n) is 10.1. The third-order valence-electron chi connectivity index (χ3n) is 4.96. The molecule has 1 saturated heterocycles. The third kappa shape index (κ3) is 8.11. The van der Waals surface area contributed by atoms with Gasteiger partial charge in [0.25, 0.3) is 0 Å². The standard InChI is InChI=1S/C18H32N6O7/c19-6-2-1-4-10(20)15(27)22-11(8-14(21)26)17(29)24-7-3-5-13(24)16(28)23-12(9-25)18(30)31/h10-13,25H,1-9,19-20H2,(H2,21,26)(H,22,27)(H,23,28)(H,30,31). The second-order valence-corrected chi connectivity index (χ2v) is 7.39. The lowest BCUT2D eigenvalue weighted by Gasteiger charge is -2.29. The Bertz CT molecular complexity index is 674. The molecule has 0 aliphatic carbocycles. The fourth-order valence-electron chi connectivity index (χ4n) is 3.28. The Morgan fingerprint density at radius 1 is 1.10 bits per heavy atom. The van der Waals surface area contributed by atoms with Gasteiger partial charge in [-0.15, -0.1) is 0 Å². The van der Waals surface area contributed by atoms with E-state index in [9.17, 15) is 24.0 Å². The van der Waals surface area contributed by atoms with Gasteiger partial charge in [-0.2, -0.15) is 0 Å². The van der Waals surface area contributed by atoms with Crippen LogP contribution in [0.3, 0.4) is 0 Å². The van der Waals surface area contributed by atoms with Gasteiger partial charge in [0.2, 0.25) is 23.6 Å². The van der Waals surface area contributed by atoms with Crippen LogP contribution < -0.4 is 27.8 Å². The summed E-state index contributed by atoms with van der Waals surface area (Å²) in [5, 5.41) is 22.7. The number of primary amides is 1. The molecular formula is C18H32N6O7. The van der Waals surface area contributed by atoms with E-state index in [4.69, 9.17) is 27.4 Å². The molecule has 13 nitrogen and oxygen atoms in total. The molecule has 0 aromatic heterocycles. The molecule has 31 heavy (non-hydrogen) atoms. The highest BCUT2D eigenvalue weighted by atomic mass is 16.4. The van der Waals surface area contributed by atoms with Crippen molar-refractivity contribution in [1.29, 1.82) is 0 Å². The molecule has 0 saturated carbocycles. The Labute approximate surface area is 179 Å². The van der Waals surface area contributed by atoms with E-state index in [1.54, 1.807) is 0 Å². The SMILES string of the molecule is NCCCCC(N)C(=O)NC(CC(N)=O)C(=O)N1CCCC1C(=O)NC(CO)C(=O)O. The summed E-state index contributed by atoms with van der Waals surface area (Å²) in [6, 6.07) is -4.75. The van der Waals surface area contributed by atoms with E-state index in [1.807, 2.05) is 0 Å². The summed E-state index contributed by atoms with van der Waals surface area (Å²) in [6.45, 7) is -0.194. The molecule has 4 amide bonds. The largest absolute Gasteiger partial charge is 0.480 e. The van der Waals surface area contributed by atoms with Crippen molar-refractivity contribution in [3.63, 3.8) is 0 Å². The van der Waals surface area contributed by atoms with Crippen LogP contribution in [0.5, 0.6) is 0 Å². The van der Waals surface area contributed by atoms with Gasteiger partial charge in [0, 0.05) is 6.54 Å². The highest BCUT2D eigenvalue weighted by molar-refractivity contribution is 5.96. The summed E-state index contributed by atoms with van der Waals surface area (Å²) >= 11 is 0. The number of aliphatic hydroxyl groups excluding tert-OH is 1. The van der Waals surface area contributed by atoms with Crippen LogP contribution in [-0.2, 0) is 24.0 Å². The summed E-state index contributed by atoms with van der Waals surface area (Å²) in [4.78, 5) is 61.5. The Morgan fingerprint density at radius 3 is 2.32 bits per heavy atom. The van der Waals surface area contributed by atoms with Crippen molar-refractivity contribution < 1.29 is 34.2 Å². The van der Waals surface area contributed by atoms with E-state index < -0.39 is 66.8 Å². The van der Waals surface area contributed by atoms with Crippen molar-refractivity contribution in [1.82, 2.24) is 15.5 Å². The van der Waals surface area contributed by atoms with Crippen LogP contribution in [0.15, 0.2) is 0 Å². The maximum Gasteiger partial charge on any atom is 0.328 e. The first-order chi connectivity index (χ1) is 14.6. The molecule has 0 radical (unpaired) electrons. The molecule has 1 aliphatic rings. The third-order valence-corrected chi connectivity index (χ3v) is 4.96. The monoisotopic (exact) mass is 444 g/mol. The predicted octanol–water partition coefficient (Wildman–Crippen LogP) is -3.64. The lowest BCUT2D eigenvalue weighted by atomic mass is 10.1. The molecule has 1 aliphatic heterocycles. The highest BCUT2D eigenvalue weighted by Gasteiger charge is 2.39. The van der Waals surface area contributed by atoms with Gasteiger partial charge in [0.1, 0.15) is 18.1 Å². The van der Waals surface area contributed by atoms with Crippen LogP contribution in [-0.4, -0.2) is 88.6 Å². The molecule has 13 heteroatoms. The van der Waals surface area contributed by atoms with Gasteiger partial charge >= 0.3 is 5.97 Å². The summed E-state index contributed by atoms with van der Waals surface area (Å²) in [6.07, 6.45) is 1.86. The average Bonchev–Trinajstić information content (AvgIpc) is 3.20. The van der Waals surface area contributed by atoms with E-state index in [0.717, 1.165) is 0 Å². The number of carboxylic acids is 1. The van der Waals surface area contributed by atoms with E-state index in [1.165, 1.54) is 4.90 Å². The van der Waals surface area contributed by atoms with Gasteiger partial charge in [0.05, 0.1) is 19.1 Å². The van der Waals surface area contributed by atoms with Crippen molar-refractivity contribution in [2.24, 2.45) is 17.2 Å². The Morgan fingerprint density at radius 2 is 1.77 bits per heavy atom. The number of aliphatic hydroxyl groups is 1. The quantitative estimate of drug-likeness (QED) is 0.139. The summed E-state index contributed by atoms with van der Waals surface area (Å²) in [7, 11) is 0. The van der Waals surface area contributed by atoms with Gasteiger partial charge in [-0.1, -0.05) is 6.42 Å². The van der Waals surface area contributed by atoms with E-state index >= 15 is 0 Å². The number of aliphatic carboxylic acids is 1. The zero-order valence-electron chi connectivity index (χ0n) is 17.3. The van der Waals surface area contributed by atoms with Crippen LogP contribution in [0.4, 0.5) is 0 Å². The number of rotatable bonds is 13. The number of amides is 4. The molecule has 4 atom stereocenters. The normalized spacial score (nSPS) is 18.7. The van der Waals surface area contributed by atoms with Crippen molar-refractivity contribution in [3.05, 3.63) is 0 Å². The lowest BCUT2D eigenvalue weighted by molar-refractivity contribution is -0.146. The van der Waals surface area contributed by atoms with Gasteiger partial charge < -0.3 is 42.9 Å². The molecule has 1 rings (SSSR count). The van der Waals surface area contributed by atoms with Gasteiger partial charge in [0.15, 0.2) is 0 Å². The number of likely N-dealkylation sites (tertiary alicyclic amines) is 1. The minimum absolute atomic E-state index is 0.168. The van der Waals surface area contributed by atoms with Crippen molar-refractivity contribution >= 4 is 29.6 Å². The topological polar surface area (TPSA) is 231 Å². The van der Waals surface area contributed by atoms with Crippen LogP contribution in [0, 0.1) is 0 Å². The molecule has 0 spiro atoms. The number of nitrogens with two attached hydrogens (primary N) is 3. The molecular weight excluding hydrogens is 412 g/mol. The van der Waals surface area contributed by atoms with Crippen LogP contribution >= 0.6 is 0 Å². The molecule has 0 aromatic carbocycles. The van der Waals surface area contributed by atoms with Gasteiger partial charge in [-0.3, -0.25) is 19.2 Å². The molecule has 1 fully saturated rings. The van der Waals surface area contributed by atoms with Crippen molar-refractivity contribution in [2.75, 3.05) is 19.7 Å². The Balaban J connectivity index is 2.88. The molecule has 0 aromatic rings. The highest BCUT2D eigenvalue weighted by Crippen LogP contribution is 2.19. The Kier molecular flexibility index (Phi) is 10.9. The van der Waals surface area contributed by atoms with E-state index in [2.05, 4.69) is 10.6 Å².